The van der Waals surface area contributed by atoms with E-state index in [2.05, 4.69) is 10.6 Å². The number of fused-ring (bicyclic) bond motifs is 5. The van der Waals surface area contributed by atoms with Gasteiger partial charge >= 0.3 is 5.63 Å². The second kappa shape index (κ2) is 6.35. The molecule has 0 fully saturated rings. The van der Waals surface area contributed by atoms with Crippen LogP contribution >= 0.6 is 12.2 Å². The van der Waals surface area contributed by atoms with Crippen LogP contribution in [0.25, 0.3) is 21.7 Å². The SMILES string of the molecule is COc1ccc(C2NC(=S)Nc3c2c(=O)oc2c3ccc3ccccc32)cc1. The van der Waals surface area contributed by atoms with Crippen molar-refractivity contribution in [3.8, 4) is 5.75 Å². The molecule has 1 unspecified atom stereocenters. The fraction of sp³-hybridized carbons (Fsp3) is 0.0909. The minimum absolute atomic E-state index is 0.387. The van der Waals surface area contributed by atoms with Gasteiger partial charge < -0.3 is 19.8 Å². The molecule has 1 atom stereocenters. The molecule has 0 amide bonds. The standard InChI is InChI=1S/C22H16N2O3S/c1-26-14-9-6-13(7-10-14)18-17-19(24-22(28)23-18)16-11-8-12-4-2-3-5-15(12)20(16)27-21(17)25/h2-11,18H,1H3,(H2,23,24,28). The van der Waals surface area contributed by atoms with E-state index in [-0.39, 0.29) is 5.63 Å². The Morgan fingerprint density at radius 1 is 1.00 bits per heavy atom. The molecule has 5 nitrogen and oxygen atoms in total. The molecule has 2 heterocycles. The van der Waals surface area contributed by atoms with Crippen LogP contribution in [-0.2, 0) is 0 Å². The van der Waals surface area contributed by atoms with Gasteiger partial charge in [-0.3, -0.25) is 0 Å². The minimum Gasteiger partial charge on any atom is -0.497 e. The number of thiocarbonyl (C=S) groups is 1. The Morgan fingerprint density at radius 3 is 2.57 bits per heavy atom. The topological polar surface area (TPSA) is 63.5 Å². The highest BCUT2D eigenvalue weighted by Gasteiger charge is 2.30. The van der Waals surface area contributed by atoms with Crippen molar-refractivity contribution in [2.75, 3.05) is 12.4 Å². The average Bonchev–Trinajstić information content (AvgIpc) is 2.73. The van der Waals surface area contributed by atoms with Gasteiger partial charge in [0, 0.05) is 10.8 Å². The summed E-state index contributed by atoms with van der Waals surface area (Å²) in [5.41, 5.74) is 2.29. The molecule has 0 saturated heterocycles. The first-order valence-electron chi connectivity index (χ1n) is 8.85. The van der Waals surface area contributed by atoms with Gasteiger partial charge in [-0.1, -0.05) is 42.5 Å². The van der Waals surface area contributed by atoms with E-state index in [1.165, 1.54) is 0 Å². The molecule has 5 rings (SSSR count). The first-order chi connectivity index (χ1) is 13.7. The number of benzene rings is 3. The summed E-state index contributed by atoms with van der Waals surface area (Å²) in [7, 11) is 1.62. The summed E-state index contributed by atoms with van der Waals surface area (Å²) in [4.78, 5) is 13.0. The van der Waals surface area contributed by atoms with Gasteiger partial charge in [0.25, 0.3) is 0 Å². The summed E-state index contributed by atoms with van der Waals surface area (Å²) in [5.74, 6) is 0.748. The Morgan fingerprint density at radius 2 is 1.79 bits per heavy atom. The van der Waals surface area contributed by atoms with E-state index >= 15 is 0 Å². The average molecular weight is 388 g/mol. The van der Waals surface area contributed by atoms with Crippen LogP contribution in [0.5, 0.6) is 5.75 Å². The van der Waals surface area contributed by atoms with E-state index < -0.39 is 6.04 Å². The van der Waals surface area contributed by atoms with Crippen molar-refractivity contribution in [1.29, 1.82) is 0 Å². The van der Waals surface area contributed by atoms with Crippen LogP contribution in [0.3, 0.4) is 0 Å². The minimum atomic E-state index is -0.401. The van der Waals surface area contributed by atoms with Crippen LogP contribution in [0.2, 0.25) is 0 Å². The van der Waals surface area contributed by atoms with Gasteiger partial charge in [0.15, 0.2) is 5.11 Å². The summed E-state index contributed by atoms with van der Waals surface area (Å²) in [6.07, 6.45) is 0. The molecule has 0 aliphatic carbocycles. The van der Waals surface area contributed by atoms with Crippen LogP contribution in [0.1, 0.15) is 17.2 Å². The quantitative estimate of drug-likeness (QED) is 0.303. The normalized spacial score (nSPS) is 15.8. The van der Waals surface area contributed by atoms with Gasteiger partial charge in [0.05, 0.1) is 24.4 Å². The molecule has 2 N–H and O–H groups in total. The van der Waals surface area contributed by atoms with Gasteiger partial charge in [-0.25, -0.2) is 4.79 Å². The first-order valence-corrected chi connectivity index (χ1v) is 9.26. The lowest BCUT2D eigenvalue weighted by Crippen LogP contribution is -2.41. The van der Waals surface area contributed by atoms with Gasteiger partial charge in [-0.2, -0.15) is 0 Å². The zero-order valence-electron chi connectivity index (χ0n) is 15.0. The van der Waals surface area contributed by atoms with E-state index in [9.17, 15) is 4.79 Å². The largest absolute Gasteiger partial charge is 0.497 e. The van der Waals surface area contributed by atoms with E-state index in [4.69, 9.17) is 21.4 Å². The second-order valence-electron chi connectivity index (χ2n) is 6.65. The highest BCUT2D eigenvalue weighted by Crippen LogP contribution is 2.37. The van der Waals surface area contributed by atoms with E-state index in [1.807, 2.05) is 60.7 Å². The summed E-state index contributed by atoms with van der Waals surface area (Å²) >= 11 is 5.43. The molecular formula is C22H16N2O3S. The van der Waals surface area contributed by atoms with Crippen molar-refractivity contribution in [3.63, 3.8) is 0 Å². The van der Waals surface area contributed by atoms with Crippen molar-refractivity contribution < 1.29 is 9.15 Å². The Bertz CT molecular complexity index is 1300. The van der Waals surface area contributed by atoms with Crippen molar-refractivity contribution >= 4 is 44.8 Å². The Labute approximate surface area is 165 Å². The summed E-state index contributed by atoms with van der Waals surface area (Å²) in [5, 5.41) is 9.56. The van der Waals surface area contributed by atoms with Gasteiger partial charge in [0.1, 0.15) is 11.3 Å². The molecule has 0 radical (unpaired) electrons. The second-order valence-corrected chi connectivity index (χ2v) is 7.05. The van der Waals surface area contributed by atoms with Crippen molar-refractivity contribution in [2.24, 2.45) is 0 Å². The fourth-order valence-electron chi connectivity index (χ4n) is 3.74. The molecule has 3 aromatic carbocycles. The zero-order valence-corrected chi connectivity index (χ0v) is 15.8. The van der Waals surface area contributed by atoms with Gasteiger partial charge in [0.2, 0.25) is 0 Å². The van der Waals surface area contributed by atoms with Crippen LogP contribution in [0.4, 0.5) is 5.69 Å². The Hall–Kier alpha value is -3.38. The van der Waals surface area contributed by atoms with E-state index in [1.54, 1.807) is 7.11 Å². The molecule has 1 aromatic heterocycles. The van der Waals surface area contributed by atoms with Gasteiger partial charge in [-0.05, 0) is 41.4 Å². The van der Waals surface area contributed by atoms with E-state index in [0.717, 1.165) is 27.5 Å². The molecule has 0 bridgehead atoms. The van der Waals surface area contributed by atoms with Crippen molar-refractivity contribution in [1.82, 2.24) is 5.32 Å². The third kappa shape index (κ3) is 2.53. The number of hydrogen-bond donors (Lipinski definition) is 2. The number of methoxy groups -OCH3 is 1. The number of anilines is 1. The molecule has 0 spiro atoms. The molecule has 1 aliphatic rings. The summed E-state index contributed by atoms with van der Waals surface area (Å²) < 4.78 is 11.0. The predicted molar refractivity (Wildman–Crippen MR) is 114 cm³/mol. The zero-order chi connectivity index (χ0) is 19.3. The number of ether oxygens (including phenoxy) is 1. The molecular weight excluding hydrogens is 372 g/mol. The number of nitrogens with one attached hydrogen (secondary N) is 2. The van der Waals surface area contributed by atoms with Crippen LogP contribution in [0, 0.1) is 0 Å². The maximum Gasteiger partial charge on any atom is 0.344 e. The Balaban J connectivity index is 1.78. The van der Waals surface area contributed by atoms with Crippen LogP contribution in [-0.4, -0.2) is 12.2 Å². The fourth-order valence-corrected chi connectivity index (χ4v) is 3.96. The molecule has 138 valence electrons. The van der Waals surface area contributed by atoms with Crippen molar-refractivity contribution in [3.05, 3.63) is 82.2 Å². The highest BCUT2D eigenvalue weighted by atomic mass is 32.1. The van der Waals surface area contributed by atoms with Crippen molar-refractivity contribution in [2.45, 2.75) is 6.04 Å². The van der Waals surface area contributed by atoms with E-state index in [0.29, 0.717) is 21.9 Å². The van der Waals surface area contributed by atoms with Crippen LogP contribution < -0.4 is 21.0 Å². The molecule has 0 saturated carbocycles. The summed E-state index contributed by atoms with van der Waals surface area (Å²) in [6, 6.07) is 19.0. The lowest BCUT2D eigenvalue weighted by atomic mass is 9.95. The third-order valence-corrected chi connectivity index (χ3v) is 5.30. The molecule has 28 heavy (non-hydrogen) atoms. The Kier molecular flexibility index (Phi) is 3.80. The molecule has 4 aromatic rings. The lowest BCUT2D eigenvalue weighted by molar-refractivity contribution is 0.414. The summed E-state index contributed by atoms with van der Waals surface area (Å²) in [6.45, 7) is 0. The monoisotopic (exact) mass is 388 g/mol. The lowest BCUT2D eigenvalue weighted by Gasteiger charge is -2.29. The smallest absolute Gasteiger partial charge is 0.344 e. The third-order valence-electron chi connectivity index (χ3n) is 5.08. The molecule has 1 aliphatic heterocycles. The maximum atomic E-state index is 13.0. The maximum absolute atomic E-state index is 13.0. The first kappa shape index (κ1) is 16.8. The van der Waals surface area contributed by atoms with Gasteiger partial charge in [-0.15, -0.1) is 0 Å². The predicted octanol–water partition coefficient (Wildman–Crippen LogP) is 4.34. The molecule has 6 heteroatoms. The number of hydrogen-bond acceptors (Lipinski definition) is 4. The number of rotatable bonds is 2. The highest BCUT2D eigenvalue weighted by molar-refractivity contribution is 7.80. The van der Waals surface area contributed by atoms with Crippen LogP contribution in [0.15, 0.2) is 69.9 Å².